The summed E-state index contributed by atoms with van der Waals surface area (Å²) in [5, 5.41) is -0.306. The minimum Gasteiger partial charge on any atom is -0.448 e. The van der Waals surface area contributed by atoms with Crippen LogP contribution in [-0.4, -0.2) is 23.8 Å². The first-order valence-electron chi connectivity index (χ1n) is 15.2. The summed E-state index contributed by atoms with van der Waals surface area (Å²) in [6.07, 6.45) is 2.32. The SMILES string of the molecule is C=C1C=C(C)N(c2c(C(C)C)cccc2C(C)C)[Si]2(N1c1c(C(C)C)cccc1C(C)C)[N+](=C(C)C)[N-]C2(C)C. The van der Waals surface area contributed by atoms with Gasteiger partial charge in [-0.1, -0.05) is 112 Å². The van der Waals surface area contributed by atoms with E-state index in [1.165, 1.54) is 45.0 Å². The molecular formula is C35H52N4Si. The molecule has 1 saturated heterocycles. The Morgan fingerprint density at radius 3 is 1.45 bits per heavy atom. The Hall–Kier alpha value is -2.79. The number of nitrogens with zero attached hydrogens (tertiary/aromatic N) is 4. The van der Waals surface area contributed by atoms with Crippen LogP contribution in [0.5, 0.6) is 0 Å². The third-order valence-corrected chi connectivity index (χ3v) is 13.9. The van der Waals surface area contributed by atoms with Gasteiger partial charge in [0.2, 0.25) is 0 Å². The highest BCUT2D eigenvalue weighted by Crippen LogP contribution is 2.56. The molecule has 0 radical (unpaired) electrons. The van der Waals surface area contributed by atoms with Crippen molar-refractivity contribution in [3.05, 3.63) is 88.1 Å². The van der Waals surface area contributed by atoms with Gasteiger partial charge in [-0.25, -0.2) is 0 Å². The second kappa shape index (κ2) is 10.6. The third-order valence-electron chi connectivity index (χ3n) is 8.66. The van der Waals surface area contributed by atoms with E-state index < -0.39 is 8.56 Å². The van der Waals surface area contributed by atoms with E-state index in [-0.39, 0.29) is 5.16 Å². The number of hydrogen-bond acceptors (Lipinski definition) is 2. The van der Waals surface area contributed by atoms with E-state index in [0.717, 1.165) is 5.70 Å². The zero-order valence-electron chi connectivity index (χ0n) is 27.3. The fraction of sp³-hybridized carbons (Fsp3) is 0.514. The van der Waals surface area contributed by atoms with Crippen molar-refractivity contribution in [2.75, 3.05) is 9.13 Å². The van der Waals surface area contributed by atoms with Crippen LogP contribution in [0, 0.1) is 0 Å². The Balaban J connectivity index is 2.25. The van der Waals surface area contributed by atoms with Crippen LogP contribution in [0.2, 0.25) is 0 Å². The molecule has 216 valence electrons. The number of anilines is 2. The highest BCUT2D eigenvalue weighted by Gasteiger charge is 2.76. The Morgan fingerprint density at radius 1 is 0.750 bits per heavy atom. The molecule has 0 amide bonds. The minimum atomic E-state index is -2.90. The molecule has 2 heterocycles. The van der Waals surface area contributed by atoms with Crippen LogP contribution in [0.3, 0.4) is 0 Å². The summed E-state index contributed by atoms with van der Waals surface area (Å²) in [6.45, 7) is 34.8. The lowest BCUT2D eigenvalue weighted by atomic mass is 9.92. The average molecular weight is 557 g/mol. The standard InChI is InChI=1S/C35H52N4Si/c1-22(2)29-17-15-18-30(23(3)4)33(29)37-27(11)21-28(12)38(40(37)35(13,14)36-39(40)26(9)10)34-31(24(5)6)19-16-20-32(34)25(7)8/h15-25H,11H2,1-10,12-14H3. The summed E-state index contributed by atoms with van der Waals surface area (Å²) in [4.78, 5) is 0. The van der Waals surface area contributed by atoms with Crippen LogP contribution in [0.15, 0.2) is 60.4 Å². The van der Waals surface area contributed by atoms with E-state index >= 15 is 0 Å². The summed E-state index contributed by atoms with van der Waals surface area (Å²) in [6, 6.07) is 13.8. The van der Waals surface area contributed by atoms with Crippen molar-refractivity contribution in [2.45, 2.75) is 119 Å². The van der Waals surface area contributed by atoms with E-state index in [4.69, 9.17) is 12.0 Å². The predicted molar refractivity (Wildman–Crippen MR) is 177 cm³/mol. The third kappa shape index (κ3) is 4.36. The quantitative estimate of drug-likeness (QED) is 0.331. The molecule has 4 nitrogen and oxygen atoms in total. The van der Waals surface area contributed by atoms with Gasteiger partial charge < -0.3 is 9.78 Å². The molecule has 0 bridgehead atoms. The highest BCUT2D eigenvalue weighted by molar-refractivity contribution is 6.87. The molecular weight excluding hydrogens is 504 g/mol. The fourth-order valence-corrected chi connectivity index (χ4v) is 12.3. The van der Waals surface area contributed by atoms with Crippen LogP contribution in [0.4, 0.5) is 11.4 Å². The molecule has 1 fully saturated rings. The normalized spacial score (nSPS) is 20.6. The van der Waals surface area contributed by atoms with Gasteiger partial charge in [-0.05, 0) is 58.9 Å². The van der Waals surface area contributed by atoms with Crippen molar-refractivity contribution in [2.24, 2.45) is 0 Å². The van der Waals surface area contributed by atoms with Gasteiger partial charge in [0.15, 0.2) is 0 Å². The Morgan fingerprint density at radius 2 is 1.12 bits per heavy atom. The van der Waals surface area contributed by atoms with E-state index in [2.05, 4.69) is 146 Å². The molecule has 2 aromatic rings. The topological polar surface area (TPSA) is 23.6 Å². The molecule has 1 unspecified atom stereocenters. The molecule has 0 N–H and O–H groups in total. The lowest BCUT2D eigenvalue weighted by Crippen LogP contribution is -2.89. The van der Waals surface area contributed by atoms with Gasteiger partial charge in [0.1, 0.15) is 5.71 Å². The van der Waals surface area contributed by atoms with Gasteiger partial charge in [-0.2, -0.15) is 0 Å². The molecule has 2 aliphatic rings. The molecule has 1 spiro atoms. The van der Waals surface area contributed by atoms with Crippen molar-refractivity contribution in [1.82, 2.24) is 0 Å². The number of para-hydroxylation sites is 2. The Bertz CT molecular complexity index is 1320. The van der Waals surface area contributed by atoms with E-state index in [0.29, 0.717) is 23.7 Å². The first-order valence-corrected chi connectivity index (χ1v) is 17.0. The Labute approximate surface area is 245 Å². The number of rotatable bonds is 6. The molecule has 2 aliphatic heterocycles. The Kier molecular flexibility index (Phi) is 7.96. The average Bonchev–Trinajstić information content (AvgIpc) is 2.85. The van der Waals surface area contributed by atoms with Gasteiger partial charge >= 0.3 is 8.56 Å². The van der Waals surface area contributed by atoms with E-state index in [1.807, 2.05) is 0 Å². The van der Waals surface area contributed by atoms with Gasteiger partial charge in [-0.15, -0.1) is 0 Å². The summed E-state index contributed by atoms with van der Waals surface area (Å²) >= 11 is 0. The molecule has 0 aliphatic carbocycles. The number of benzene rings is 2. The van der Waals surface area contributed by atoms with Crippen molar-refractivity contribution in [3.63, 3.8) is 0 Å². The monoisotopic (exact) mass is 556 g/mol. The zero-order valence-corrected chi connectivity index (χ0v) is 28.3. The summed E-state index contributed by atoms with van der Waals surface area (Å²) in [7, 11) is -2.90. The van der Waals surface area contributed by atoms with Crippen LogP contribution in [0.1, 0.15) is 136 Å². The van der Waals surface area contributed by atoms with Crippen molar-refractivity contribution >= 4 is 25.6 Å². The van der Waals surface area contributed by atoms with Gasteiger partial charge in [-0.3, -0.25) is 9.13 Å². The zero-order chi connectivity index (χ0) is 29.9. The van der Waals surface area contributed by atoms with Crippen LogP contribution in [0.25, 0.3) is 5.43 Å². The maximum atomic E-state index is 5.36. The van der Waals surface area contributed by atoms with Crippen LogP contribution < -0.4 is 9.13 Å². The van der Waals surface area contributed by atoms with Crippen LogP contribution in [-0.2, 0) is 0 Å². The van der Waals surface area contributed by atoms with Crippen molar-refractivity contribution < 1.29 is 4.35 Å². The largest absolute Gasteiger partial charge is 0.590 e. The fourth-order valence-electron chi connectivity index (χ4n) is 6.84. The van der Waals surface area contributed by atoms with Gasteiger partial charge in [0.25, 0.3) is 0 Å². The lowest BCUT2D eigenvalue weighted by Gasteiger charge is -2.67. The first kappa shape index (κ1) is 30.2. The first-order chi connectivity index (χ1) is 18.6. The summed E-state index contributed by atoms with van der Waals surface area (Å²) in [5.41, 5.74) is 17.2. The van der Waals surface area contributed by atoms with E-state index in [1.54, 1.807) is 0 Å². The molecule has 0 saturated carbocycles. The molecule has 40 heavy (non-hydrogen) atoms. The van der Waals surface area contributed by atoms with Crippen molar-refractivity contribution in [3.8, 4) is 0 Å². The summed E-state index contributed by atoms with van der Waals surface area (Å²) < 4.78 is 7.86. The van der Waals surface area contributed by atoms with Gasteiger partial charge in [0.05, 0.1) is 0 Å². The molecule has 4 rings (SSSR count). The minimum absolute atomic E-state index is 0.306. The lowest BCUT2D eigenvalue weighted by molar-refractivity contribution is -0.398. The summed E-state index contributed by atoms with van der Waals surface area (Å²) in [5.74, 6) is 1.53. The molecule has 5 heteroatoms. The molecule has 2 aromatic carbocycles. The second-order valence-corrected chi connectivity index (χ2v) is 17.5. The van der Waals surface area contributed by atoms with E-state index in [9.17, 15) is 0 Å². The smallest absolute Gasteiger partial charge is 0.448 e. The highest BCUT2D eigenvalue weighted by atomic mass is 28.4. The maximum Gasteiger partial charge on any atom is 0.590 e. The molecule has 0 aromatic heterocycles. The molecule has 1 atom stereocenters. The number of hydrogen-bond donors (Lipinski definition) is 0. The van der Waals surface area contributed by atoms with Crippen LogP contribution >= 0.6 is 0 Å². The van der Waals surface area contributed by atoms with Gasteiger partial charge in [0, 0.05) is 41.8 Å². The van der Waals surface area contributed by atoms with Crippen molar-refractivity contribution in [1.29, 1.82) is 0 Å². The maximum absolute atomic E-state index is 5.36. The second-order valence-electron chi connectivity index (χ2n) is 13.7. The number of allylic oxidation sites excluding steroid dienone is 2. The predicted octanol–water partition coefficient (Wildman–Crippen LogP) is 9.98.